The van der Waals surface area contributed by atoms with Crippen LogP contribution in [-0.4, -0.2) is 16.5 Å². The molecule has 5 heteroatoms. The van der Waals surface area contributed by atoms with E-state index in [9.17, 15) is 0 Å². The molecule has 1 aromatic carbocycles. The number of rotatable bonds is 4. The lowest BCUT2D eigenvalue weighted by Gasteiger charge is -2.08. The van der Waals surface area contributed by atoms with Gasteiger partial charge in [0, 0.05) is 22.8 Å². The number of nitrogens with one attached hydrogen (secondary N) is 2. The van der Waals surface area contributed by atoms with Crippen molar-refractivity contribution in [3.05, 3.63) is 40.6 Å². The van der Waals surface area contributed by atoms with E-state index in [4.69, 9.17) is 0 Å². The summed E-state index contributed by atoms with van der Waals surface area (Å²) in [5, 5.41) is 6.42. The fourth-order valence-electron chi connectivity index (χ4n) is 1.66. The minimum atomic E-state index is 0.776. The van der Waals surface area contributed by atoms with Gasteiger partial charge in [-0.1, -0.05) is 15.9 Å². The van der Waals surface area contributed by atoms with Gasteiger partial charge >= 0.3 is 0 Å². The van der Waals surface area contributed by atoms with Crippen molar-refractivity contribution in [2.75, 3.05) is 17.2 Å². The summed E-state index contributed by atoms with van der Waals surface area (Å²) in [6, 6.07) is 8.04. The van der Waals surface area contributed by atoms with Crippen LogP contribution in [0.1, 0.15) is 12.5 Å². The number of halogens is 1. The first-order valence-electron chi connectivity index (χ1n) is 5.77. The van der Waals surface area contributed by atoms with Crippen LogP contribution >= 0.6 is 15.9 Å². The lowest BCUT2D eigenvalue weighted by atomic mass is 10.2. The maximum absolute atomic E-state index is 4.20. The van der Waals surface area contributed by atoms with Crippen molar-refractivity contribution in [2.24, 2.45) is 0 Å². The van der Waals surface area contributed by atoms with Crippen LogP contribution in [0.4, 0.5) is 17.3 Å². The molecular weight excluding hydrogens is 292 g/mol. The highest BCUT2D eigenvalue weighted by Crippen LogP contribution is 2.22. The second-order valence-electron chi connectivity index (χ2n) is 3.96. The summed E-state index contributed by atoms with van der Waals surface area (Å²) in [6.07, 6.45) is 1.55. The van der Waals surface area contributed by atoms with Gasteiger partial charge in [-0.3, -0.25) is 0 Å². The molecule has 0 radical (unpaired) electrons. The van der Waals surface area contributed by atoms with Gasteiger partial charge in [-0.2, -0.15) is 0 Å². The van der Waals surface area contributed by atoms with Crippen molar-refractivity contribution in [3.63, 3.8) is 0 Å². The van der Waals surface area contributed by atoms with Gasteiger partial charge in [0.05, 0.1) is 0 Å². The molecule has 0 atom stereocenters. The first-order valence-corrected chi connectivity index (χ1v) is 6.57. The number of hydrogen-bond acceptors (Lipinski definition) is 4. The molecule has 0 saturated carbocycles. The Balaban J connectivity index is 2.20. The Bertz CT molecular complexity index is 522. The number of anilines is 3. The predicted molar refractivity (Wildman–Crippen MR) is 78.4 cm³/mol. The zero-order valence-electron chi connectivity index (χ0n) is 10.4. The molecule has 0 aliphatic carbocycles. The molecule has 94 valence electrons. The van der Waals surface area contributed by atoms with Gasteiger partial charge < -0.3 is 10.6 Å². The van der Waals surface area contributed by atoms with Crippen LogP contribution in [0.2, 0.25) is 0 Å². The Kier molecular flexibility index (Phi) is 4.15. The van der Waals surface area contributed by atoms with E-state index in [1.165, 1.54) is 5.56 Å². The third kappa shape index (κ3) is 3.43. The van der Waals surface area contributed by atoms with Gasteiger partial charge in [0.2, 0.25) is 0 Å². The molecule has 2 rings (SSSR count). The zero-order valence-corrected chi connectivity index (χ0v) is 12.0. The molecular formula is C13H15BrN4. The monoisotopic (exact) mass is 306 g/mol. The molecule has 2 N–H and O–H groups in total. The summed E-state index contributed by atoms with van der Waals surface area (Å²) in [4.78, 5) is 8.33. The van der Waals surface area contributed by atoms with Crippen molar-refractivity contribution in [1.29, 1.82) is 0 Å². The smallest absolute Gasteiger partial charge is 0.135 e. The van der Waals surface area contributed by atoms with Crippen molar-refractivity contribution >= 4 is 33.3 Å². The van der Waals surface area contributed by atoms with Crippen molar-refractivity contribution in [1.82, 2.24) is 9.97 Å². The Morgan fingerprint density at radius 3 is 2.61 bits per heavy atom. The largest absolute Gasteiger partial charge is 0.370 e. The number of hydrogen-bond donors (Lipinski definition) is 2. The Morgan fingerprint density at radius 1 is 1.11 bits per heavy atom. The van der Waals surface area contributed by atoms with Crippen LogP contribution in [0.3, 0.4) is 0 Å². The average Bonchev–Trinajstić information content (AvgIpc) is 2.28. The quantitative estimate of drug-likeness (QED) is 0.904. The van der Waals surface area contributed by atoms with Crippen molar-refractivity contribution in [3.8, 4) is 0 Å². The lowest BCUT2D eigenvalue weighted by molar-refractivity contribution is 1.11. The van der Waals surface area contributed by atoms with E-state index in [0.717, 1.165) is 28.3 Å². The first-order chi connectivity index (χ1) is 8.67. The topological polar surface area (TPSA) is 49.8 Å². The molecule has 0 aliphatic heterocycles. The van der Waals surface area contributed by atoms with E-state index in [2.05, 4.69) is 55.6 Å². The van der Waals surface area contributed by atoms with Crippen molar-refractivity contribution < 1.29 is 0 Å². The first kappa shape index (κ1) is 12.8. The van der Waals surface area contributed by atoms with E-state index < -0.39 is 0 Å². The molecule has 0 aliphatic rings. The fourth-order valence-corrected chi connectivity index (χ4v) is 2.27. The van der Waals surface area contributed by atoms with Gasteiger partial charge in [-0.05, 0) is 37.6 Å². The van der Waals surface area contributed by atoms with E-state index in [0.29, 0.717) is 0 Å². The third-order valence-electron chi connectivity index (χ3n) is 2.34. The predicted octanol–water partition coefficient (Wildman–Crippen LogP) is 3.72. The molecule has 0 amide bonds. The van der Waals surface area contributed by atoms with Crippen LogP contribution in [0.5, 0.6) is 0 Å². The number of nitrogens with zero attached hydrogens (tertiary/aromatic N) is 2. The number of aryl methyl sites for hydroxylation is 1. The van der Waals surface area contributed by atoms with Gasteiger partial charge in [-0.15, -0.1) is 0 Å². The van der Waals surface area contributed by atoms with Crippen LogP contribution in [0.25, 0.3) is 0 Å². The molecule has 18 heavy (non-hydrogen) atoms. The molecule has 0 spiro atoms. The summed E-state index contributed by atoms with van der Waals surface area (Å²) in [5.74, 6) is 1.60. The minimum absolute atomic E-state index is 0.776. The Labute approximate surface area is 115 Å². The maximum atomic E-state index is 4.20. The van der Waals surface area contributed by atoms with Gasteiger partial charge in [0.15, 0.2) is 0 Å². The lowest BCUT2D eigenvalue weighted by Crippen LogP contribution is -2.01. The molecule has 1 aromatic heterocycles. The molecule has 1 heterocycles. The van der Waals surface area contributed by atoms with Crippen molar-refractivity contribution in [2.45, 2.75) is 13.8 Å². The minimum Gasteiger partial charge on any atom is -0.370 e. The zero-order chi connectivity index (χ0) is 13.0. The van der Waals surface area contributed by atoms with Crippen LogP contribution in [-0.2, 0) is 0 Å². The second kappa shape index (κ2) is 5.82. The normalized spacial score (nSPS) is 10.2. The second-order valence-corrected chi connectivity index (χ2v) is 4.88. The molecule has 2 aromatic rings. The molecule has 0 unspecified atom stereocenters. The molecule has 0 saturated heterocycles. The van der Waals surface area contributed by atoms with Gasteiger partial charge in [0.1, 0.15) is 18.0 Å². The molecule has 4 nitrogen and oxygen atoms in total. The van der Waals surface area contributed by atoms with E-state index in [1.807, 2.05) is 19.1 Å². The standard InChI is InChI=1S/C13H15BrN4/c1-3-15-12-7-13(17-8-16-12)18-11-5-9(2)4-10(14)6-11/h4-8H,3H2,1-2H3,(H2,15,16,17,18). The van der Waals surface area contributed by atoms with E-state index in [1.54, 1.807) is 6.33 Å². The third-order valence-corrected chi connectivity index (χ3v) is 2.80. The van der Waals surface area contributed by atoms with E-state index >= 15 is 0 Å². The SMILES string of the molecule is CCNc1cc(Nc2cc(C)cc(Br)c2)ncn1. The highest BCUT2D eigenvalue weighted by atomic mass is 79.9. The Morgan fingerprint density at radius 2 is 1.89 bits per heavy atom. The Hall–Kier alpha value is -1.62. The molecule has 0 bridgehead atoms. The summed E-state index contributed by atoms with van der Waals surface area (Å²) in [7, 11) is 0. The summed E-state index contributed by atoms with van der Waals surface area (Å²) >= 11 is 3.48. The average molecular weight is 307 g/mol. The molecule has 0 fully saturated rings. The fraction of sp³-hybridized carbons (Fsp3) is 0.231. The number of aromatic nitrogens is 2. The van der Waals surface area contributed by atoms with E-state index in [-0.39, 0.29) is 0 Å². The summed E-state index contributed by atoms with van der Waals surface area (Å²) < 4.78 is 1.05. The van der Waals surface area contributed by atoms with Gasteiger partial charge in [-0.25, -0.2) is 9.97 Å². The van der Waals surface area contributed by atoms with Crippen LogP contribution in [0.15, 0.2) is 35.1 Å². The van der Waals surface area contributed by atoms with Crippen LogP contribution in [0, 0.1) is 6.92 Å². The maximum Gasteiger partial charge on any atom is 0.135 e. The van der Waals surface area contributed by atoms with Crippen LogP contribution < -0.4 is 10.6 Å². The summed E-state index contributed by atoms with van der Waals surface area (Å²) in [6.45, 7) is 4.93. The highest BCUT2D eigenvalue weighted by molar-refractivity contribution is 9.10. The highest BCUT2D eigenvalue weighted by Gasteiger charge is 2.00. The number of benzene rings is 1. The summed E-state index contributed by atoms with van der Waals surface area (Å²) in [5.41, 5.74) is 2.19. The van der Waals surface area contributed by atoms with Gasteiger partial charge in [0.25, 0.3) is 0 Å².